The number of anilines is 1. The lowest BCUT2D eigenvalue weighted by Gasteiger charge is -2.26. The molecular weight excluding hydrogens is 445 g/mol. The summed E-state index contributed by atoms with van der Waals surface area (Å²) < 4.78 is 36.9. The standard InChI is InChI=1S/C20H30FN3O9/c1-4-5-6-7-30-20(29)23-16-11(21)8-24(19(28)22-16)17-15(13(26)10(3)31-17)33-18-14(27)12(25)9(2)32-18/h8-10,12-15,17-18,25-27H,4-7H2,1-3H3,(H,22,23,28,29)/t9-,10-,12-,13-,14+,15+,17-,18+/m1/s1. The minimum Gasteiger partial charge on any atom is -0.449 e. The number of unbranched alkanes of at least 4 members (excludes halogenated alkanes) is 2. The van der Waals surface area contributed by atoms with E-state index >= 15 is 0 Å². The Bertz CT molecular complexity index is 885. The molecule has 0 saturated carbocycles. The lowest BCUT2D eigenvalue weighted by molar-refractivity contribution is -0.216. The Morgan fingerprint density at radius 2 is 1.88 bits per heavy atom. The summed E-state index contributed by atoms with van der Waals surface area (Å²) in [6.45, 7) is 5.18. The summed E-state index contributed by atoms with van der Waals surface area (Å²) in [6.07, 6.45) is -7.01. The minimum atomic E-state index is -1.40. The highest BCUT2D eigenvalue weighted by Gasteiger charge is 2.49. The van der Waals surface area contributed by atoms with Gasteiger partial charge in [-0.15, -0.1) is 0 Å². The van der Waals surface area contributed by atoms with E-state index in [9.17, 15) is 29.3 Å². The number of carbonyl (C=O) groups is 1. The van der Waals surface area contributed by atoms with Crippen molar-refractivity contribution in [3.63, 3.8) is 0 Å². The summed E-state index contributed by atoms with van der Waals surface area (Å²) in [5.74, 6) is -1.66. The number of aliphatic hydroxyl groups excluding tert-OH is 3. The lowest BCUT2D eigenvalue weighted by atomic mass is 10.1. The van der Waals surface area contributed by atoms with Crippen LogP contribution in [-0.2, 0) is 18.9 Å². The summed E-state index contributed by atoms with van der Waals surface area (Å²) in [6, 6.07) is 0. The van der Waals surface area contributed by atoms with Crippen LogP contribution in [0.5, 0.6) is 0 Å². The van der Waals surface area contributed by atoms with E-state index < -0.39 is 72.6 Å². The molecule has 0 aliphatic carbocycles. The maximum atomic E-state index is 14.6. The third-order valence-corrected chi connectivity index (χ3v) is 5.59. The number of rotatable bonds is 8. The SMILES string of the molecule is CCCCCOC(=O)Nc1nc(=O)n([C@@H]2O[C@H](C)[C@@H](O)[C@@H]2O[C@@H]2O[C@H](C)[C@@H](O)[C@@H]2O)cc1F. The highest BCUT2D eigenvalue weighted by Crippen LogP contribution is 2.34. The number of halogens is 1. The van der Waals surface area contributed by atoms with E-state index in [4.69, 9.17) is 18.9 Å². The predicted octanol–water partition coefficient (Wildman–Crippen LogP) is 0.251. The Hall–Kier alpha value is -2.16. The van der Waals surface area contributed by atoms with Gasteiger partial charge < -0.3 is 34.3 Å². The van der Waals surface area contributed by atoms with Crippen molar-refractivity contribution in [3.8, 4) is 0 Å². The second-order valence-electron chi connectivity index (χ2n) is 8.11. The monoisotopic (exact) mass is 475 g/mol. The topological polar surface area (TPSA) is 162 Å². The third kappa shape index (κ3) is 5.67. The Morgan fingerprint density at radius 3 is 2.52 bits per heavy atom. The second-order valence-corrected chi connectivity index (χ2v) is 8.11. The third-order valence-electron chi connectivity index (χ3n) is 5.59. The Balaban J connectivity index is 1.74. The molecule has 2 aliphatic heterocycles. The van der Waals surface area contributed by atoms with Crippen LogP contribution >= 0.6 is 0 Å². The summed E-state index contributed by atoms with van der Waals surface area (Å²) in [7, 11) is 0. The van der Waals surface area contributed by atoms with Crippen LogP contribution in [0.25, 0.3) is 0 Å². The van der Waals surface area contributed by atoms with Crippen LogP contribution in [0.1, 0.15) is 46.3 Å². The maximum Gasteiger partial charge on any atom is 0.412 e. The van der Waals surface area contributed by atoms with Gasteiger partial charge in [-0.3, -0.25) is 9.88 Å². The fourth-order valence-electron chi connectivity index (χ4n) is 3.63. The Kier molecular flexibility index (Phi) is 8.37. The molecule has 13 heteroatoms. The first kappa shape index (κ1) is 25.5. The number of nitrogens with one attached hydrogen (secondary N) is 1. The second kappa shape index (κ2) is 10.8. The fourth-order valence-corrected chi connectivity index (χ4v) is 3.63. The zero-order chi connectivity index (χ0) is 24.3. The molecule has 0 bridgehead atoms. The van der Waals surface area contributed by atoms with Gasteiger partial charge in [-0.05, 0) is 20.3 Å². The molecule has 8 atom stereocenters. The average molecular weight is 475 g/mol. The molecule has 186 valence electrons. The van der Waals surface area contributed by atoms with Crippen molar-refractivity contribution in [3.05, 3.63) is 22.5 Å². The average Bonchev–Trinajstić information content (AvgIpc) is 3.18. The van der Waals surface area contributed by atoms with E-state index in [0.29, 0.717) is 6.42 Å². The van der Waals surface area contributed by atoms with Crippen molar-refractivity contribution in [1.29, 1.82) is 0 Å². The van der Waals surface area contributed by atoms with Crippen LogP contribution in [0.2, 0.25) is 0 Å². The van der Waals surface area contributed by atoms with Crippen LogP contribution in [0.15, 0.2) is 11.0 Å². The van der Waals surface area contributed by atoms with Crippen LogP contribution in [-0.4, -0.2) is 80.5 Å². The molecule has 1 aromatic heterocycles. The van der Waals surface area contributed by atoms with E-state index in [-0.39, 0.29) is 6.61 Å². The zero-order valence-corrected chi connectivity index (χ0v) is 18.6. The van der Waals surface area contributed by atoms with Gasteiger partial charge in [-0.2, -0.15) is 4.98 Å². The maximum absolute atomic E-state index is 14.6. The van der Waals surface area contributed by atoms with Crippen molar-refractivity contribution in [2.24, 2.45) is 0 Å². The summed E-state index contributed by atoms with van der Waals surface area (Å²) in [4.78, 5) is 27.9. The molecule has 2 saturated heterocycles. The number of nitrogens with zero attached hydrogens (tertiary/aromatic N) is 2. The van der Waals surface area contributed by atoms with Gasteiger partial charge in [0, 0.05) is 0 Å². The van der Waals surface area contributed by atoms with E-state index in [1.807, 2.05) is 6.92 Å². The first-order valence-corrected chi connectivity index (χ1v) is 10.9. The van der Waals surface area contributed by atoms with Gasteiger partial charge in [0.15, 0.2) is 24.2 Å². The first-order chi connectivity index (χ1) is 15.6. The molecule has 1 aromatic rings. The first-order valence-electron chi connectivity index (χ1n) is 10.9. The molecule has 0 spiro atoms. The van der Waals surface area contributed by atoms with Crippen molar-refractivity contribution in [2.45, 2.75) is 89.2 Å². The van der Waals surface area contributed by atoms with Gasteiger partial charge >= 0.3 is 11.8 Å². The lowest BCUT2D eigenvalue weighted by Crippen LogP contribution is -2.43. The number of hydrogen-bond acceptors (Lipinski definition) is 10. The largest absolute Gasteiger partial charge is 0.449 e. The molecule has 0 aromatic carbocycles. The van der Waals surface area contributed by atoms with Gasteiger partial charge in [0.05, 0.1) is 25.0 Å². The highest BCUT2D eigenvalue weighted by molar-refractivity contribution is 5.83. The molecule has 3 rings (SSSR count). The van der Waals surface area contributed by atoms with Gasteiger partial charge in [0.2, 0.25) is 0 Å². The summed E-state index contributed by atoms with van der Waals surface area (Å²) in [5, 5.41) is 32.5. The fraction of sp³-hybridized carbons (Fsp3) is 0.750. The van der Waals surface area contributed by atoms with Crippen molar-refractivity contribution in [2.75, 3.05) is 11.9 Å². The molecule has 4 N–H and O–H groups in total. The van der Waals surface area contributed by atoms with Crippen LogP contribution < -0.4 is 11.0 Å². The van der Waals surface area contributed by atoms with Crippen molar-refractivity contribution in [1.82, 2.24) is 9.55 Å². The smallest absolute Gasteiger partial charge is 0.412 e. The van der Waals surface area contributed by atoms with Gasteiger partial charge in [0.1, 0.15) is 24.4 Å². The summed E-state index contributed by atoms with van der Waals surface area (Å²) in [5.41, 5.74) is -0.987. The van der Waals surface area contributed by atoms with Crippen LogP contribution in [0.3, 0.4) is 0 Å². The normalized spacial score (nSPS) is 33.9. The van der Waals surface area contributed by atoms with Crippen LogP contribution in [0, 0.1) is 5.82 Å². The Labute approximate surface area is 189 Å². The van der Waals surface area contributed by atoms with Crippen molar-refractivity contribution >= 4 is 11.9 Å². The number of hydrogen-bond donors (Lipinski definition) is 4. The summed E-state index contributed by atoms with van der Waals surface area (Å²) >= 11 is 0. The Morgan fingerprint density at radius 1 is 1.18 bits per heavy atom. The van der Waals surface area contributed by atoms with Gasteiger partial charge in [0.25, 0.3) is 0 Å². The van der Waals surface area contributed by atoms with Gasteiger partial charge in [-0.1, -0.05) is 19.8 Å². The molecule has 12 nitrogen and oxygen atoms in total. The number of carbonyl (C=O) groups excluding carboxylic acids is 1. The number of ether oxygens (including phenoxy) is 4. The van der Waals surface area contributed by atoms with E-state index in [1.54, 1.807) is 0 Å². The number of aromatic nitrogens is 2. The van der Waals surface area contributed by atoms with Gasteiger partial charge in [-0.25, -0.2) is 14.0 Å². The molecule has 2 fully saturated rings. The zero-order valence-electron chi connectivity index (χ0n) is 18.6. The van der Waals surface area contributed by atoms with E-state index in [2.05, 4.69) is 10.3 Å². The highest BCUT2D eigenvalue weighted by atomic mass is 19.1. The number of aliphatic hydroxyl groups is 3. The van der Waals surface area contributed by atoms with Crippen molar-refractivity contribution < 1.29 is 43.5 Å². The molecular formula is C20H30FN3O9. The predicted molar refractivity (Wildman–Crippen MR) is 110 cm³/mol. The van der Waals surface area contributed by atoms with Crippen LogP contribution in [0.4, 0.5) is 15.0 Å². The molecule has 2 aliphatic rings. The molecule has 0 radical (unpaired) electrons. The number of amides is 1. The minimum absolute atomic E-state index is 0.144. The van der Waals surface area contributed by atoms with E-state index in [0.717, 1.165) is 23.6 Å². The molecule has 1 amide bonds. The molecule has 0 unspecified atom stereocenters. The molecule has 3 heterocycles. The quantitative estimate of drug-likeness (QED) is 0.384. The van der Waals surface area contributed by atoms with E-state index in [1.165, 1.54) is 13.8 Å². The molecule has 33 heavy (non-hydrogen) atoms.